The van der Waals surface area contributed by atoms with Crippen molar-refractivity contribution in [2.24, 2.45) is 5.92 Å². The van der Waals surface area contributed by atoms with E-state index in [2.05, 4.69) is 63.3 Å². The molecule has 5 rings (SSSR count). The Balaban J connectivity index is 1.61. The molecule has 0 radical (unpaired) electrons. The van der Waals surface area contributed by atoms with Gasteiger partial charge >= 0.3 is 0 Å². The molecule has 1 N–H and O–H groups in total. The molecule has 0 spiro atoms. The Labute approximate surface area is 207 Å². The number of piperidine rings is 1. The molecule has 35 heavy (non-hydrogen) atoms. The van der Waals surface area contributed by atoms with Crippen molar-refractivity contribution in [1.82, 2.24) is 14.5 Å². The first kappa shape index (κ1) is 23.9. The number of sulfonamides is 1. The zero-order chi connectivity index (χ0) is 24.7. The van der Waals surface area contributed by atoms with Crippen molar-refractivity contribution < 1.29 is 13.2 Å². The van der Waals surface area contributed by atoms with Gasteiger partial charge in [-0.25, -0.2) is 13.4 Å². The predicted molar refractivity (Wildman–Crippen MR) is 142 cm³/mol. The lowest BCUT2D eigenvalue weighted by Crippen LogP contribution is -2.39. The lowest BCUT2D eigenvalue weighted by molar-refractivity contribution is 0.278. The maximum Gasteiger partial charge on any atom is 0.235 e. The Morgan fingerprint density at radius 1 is 1.14 bits per heavy atom. The van der Waals surface area contributed by atoms with Gasteiger partial charge in [0.1, 0.15) is 18.0 Å². The monoisotopic (exact) mass is 497 g/mol. The second-order valence-electron chi connectivity index (χ2n) is 10.2. The Bertz CT molecular complexity index is 1330. The highest BCUT2D eigenvalue weighted by molar-refractivity contribution is 7.93. The van der Waals surface area contributed by atoms with Crippen LogP contribution in [0.15, 0.2) is 36.7 Å². The second kappa shape index (κ2) is 9.35. The zero-order valence-electron chi connectivity index (χ0n) is 21.0. The number of rotatable bonds is 6. The molecule has 2 aromatic heterocycles. The summed E-state index contributed by atoms with van der Waals surface area (Å²) in [5.41, 5.74) is 4.40. The summed E-state index contributed by atoms with van der Waals surface area (Å²) in [6.07, 6.45) is 5.08. The molecule has 1 aromatic carbocycles. The van der Waals surface area contributed by atoms with E-state index in [1.165, 1.54) is 0 Å². The molecular formula is C26H35N5O3S. The van der Waals surface area contributed by atoms with Gasteiger partial charge in [0, 0.05) is 31.5 Å². The maximum absolute atomic E-state index is 13.4. The Morgan fingerprint density at radius 2 is 1.91 bits per heavy atom. The number of likely N-dealkylation sites (tertiary alicyclic amines) is 1. The van der Waals surface area contributed by atoms with Crippen LogP contribution in [0.2, 0.25) is 0 Å². The van der Waals surface area contributed by atoms with Gasteiger partial charge in [-0.3, -0.25) is 4.72 Å². The minimum Gasteiger partial charge on any atom is -0.490 e. The second-order valence-corrected chi connectivity index (χ2v) is 12.2. The van der Waals surface area contributed by atoms with Crippen molar-refractivity contribution in [3.05, 3.63) is 36.7 Å². The van der Waals surface area contributed by atoms with Crippen molar-refractivity contribution >= 4 is 32.4 Å². The van der Waals surface area contributed by atoms with E-state index in [4.69, 9.17) is 4.74 Å². The number of benzene rings is 1. The lowest BCUT2D eigenvalue weighted by atomic mass is 10.0. The summed E-state index contributed by atoms with van der Waals surface area (Å²) in [4.78, 5) is 9.05. The quantitative estimate of drug-likeness (QED) is 0.554. The van der Waals surface area contributed by atoms with Crippen LogP contribution in [0.25, 0.3) is 22.2 Å². The van der Waals surface area contributed by atoms with Gasteiger partial charge in [-0.05, 0) is 62.7 Å². The van der Waals surface area contributed by atoms with Crippen LogP contribution in [0.1, 0.15) is 26.7 Å². The molecule has 0 amide bonds. The highest BCUT2D eigenvalue weighted by Gasteiger charge is 2.30. The third-order valence-corrected chi connectivity index (χ3v) is 8.89. The van der Waals surface area contributed by atoms with E-state index >= 15 is 0 Å². The van der Waals surface area contributed by atoms with Gasteiger partial charge in [0.25, 0.3) is 0 Å². The Morgan fingerprint density at radius 3 is 2.66 bits per heavy atom. The van der Waals surface area contributed by atoms with Crippen LogP contribution in [-0.4, -0.2) is 68.5 Å². The highest BCUT2D eigenvalue weighted by Crippen LogP contribution is 2.40. The van der Waals surface area contributed by atoms with Gasteiger partial charge < -0.3 is 19.1 Å². The van der Waals surface area contributed by atoms with Crippen molar-refractivity contribution in [3.63, 3.8) is 0 Å². The van der Waals surface area contributed by atoms with E-state index < -0.39 is 15.3 Å². The third-order valence-electron chi connectivity index (χ3n) is 7.04. The molecule has 0 bridgehead atoms. The number of likely N-dealkylation sites (N-methyl/N-ethyl adjacent to an activating group) is 1. The van der Waals surface area contributed by atoms with Crippen LogP contribution in [0.3, 0.4) is 0 Å². The summed E-state index contributed by atoms with van der Waals surface area (Å²) >= 11 is 0. The van der Waals surface area contributed by atoms with Crippen LogP contribution in [-0.2, 0) is 16.6 Å². The number of hydrogen-bond acceptors (Lipinski definition) is 6. The minimum atomic E-state index is -3.53. The minimum absolute atomic E-state index is 0.391. The maximum atomic E-state index is 13.4. The van der Waals surface area contributed by atoms with E-state index in [0.717, 1.165) is 59.8 Å². The standard InChI is InChI=1S/C26H35N5O3S/c1-18(2)16-31-17-21(19-5-6-24-23(15-19)30(4)13-14-34-24)25-22(7-10-27-26(25)31)28-35(32,33)20-8-11-29(3)12-9-20/h5-7,10,15,17-18,20H,8-9,11-14,16H2,1-4H3,(H,27,28). The fraction of sp³-hybridized carbons (Fsp3) is 0.500. The summed E-state index contributed by atoms with van der Waals surface area (Å²) in [5, 5.41) is 0.446. The number of aromatic nitrogens is 2. The summed E-state index contributed by atoms with van der Waals surface area (Å²) in [7, 11) is 0.571. The third kappa shape index (κ3) is 4.71. The van der Waals surface area contributed by atoms with E-state index in [0.29, 0.717) is 31.1 Å². The van der Waals surface area contributed by atoms with E-state index in [-0.39, 0.29) is 0 Å². The van der Waals surface area contributed by atoms with Crippen LogP contribution in [0.5, 0.6) is 5.75 Å². The largest absolute Gasteiger partial charge is 0.490 e. The molecule has 9 heteroatoms. The average Bonchev–Trinajstić information content (AvgIpc) is 3.18. The molecule has 1 saturated heterocycles. The molecule has 8 nitrogen and oxygen atoms in total. The summed E-state index contributed by atoms with van der Waals surface area (Å²) in [6.45, 7) is 8.21. The fourth-order valence-corrected chi connectivity index (χ4v) is 6.58. The molecule has 0 aliphatic carbocycles. The lowest BCUT2D eigenvalue weighted by Gasteiger charge is -2.29. The van der Waals surface area contributed by atoms with Crippen molar-refractivity contribution in [2.75, 3.05) is 50.0 Å². The normalized spacial score (nSPS) is 17.6. The average molecular weight is 498 g/mol. The SMILES string of the molecule is CC(C)Cn1cc(-c2ccc3c(c2)N(C)CCO3)c2c(NS(=O)(=O)C3CCN(C)CC3)ccnc21. The van der Waals surface area contributed by atoms with E-state index in [9.17, 15) is 8.42 Å². The molecule has 1 fully saturated rings. The van der Waals surface area contributed by atoms with Crippen molar-refractivity contribution in [3.8, 4) is 16.9 Å². The topological polar surface area (TPSA) is 79.7 Å². The Hall–Kier alpha value is -2.78. The molecule has 2 aliphatic rings. The summed E-state index contributed by atoms with van der Waals surface area (Å²) in [6, 6.07) is 7.97. The van der Waals surface area contributed by atoms with Gasteiger partial charge in [0.15, 0.2) is 0 Å². The van der Waals surface area contributed by atoms with Gasteiger partial charge in [-0.15, -0.1) is 0 Å². The highest BCUT2D eigenvalue weighted by atomic mass is 32.2. The van der Waals surface area contributed by atoms with E-state index in [1.807, 2.05) is 13.1 Å². The van der Waals surface area contributed by atoms with Gasteiger partial charge in [-0.1, -0.05) is 19.9 Å². The molecule has 0 unspecified atom stereocenters. The molecular weight excluding hydrogens is 462 g/mol. The van der Waals surface area contributed by atoms with Crippen LogP contribution >= 0.6 is 0 Å². The Kier molecular flexibility index (Phi) is 6.40. The van der Waals surface area contributed by atoms with Crippen LogP contribution < -0.4 is 14.4 Å². The first-order valence-corrected chi connectivity index (χ1v) is 13.9. The van der Waals surface area contributed by atoms with Crippen molar-refractivity contribution in [1.29, 1.82) is 0 Å². The molecule has 188 valence electrons. The number of nitrogens with one attached hydrogen (secondary N) is 1. The molecule has 0 saturated carbocycles. The molecule has 3 aromatic rings. The summed E-state index contributed by atoms with van der Waals surface area (Å²) < 4.78 is 37.7. The number of hydrogen-bond donors (Lipinski definition) is 1. The number of fused-ring (bicyclic) bond motifs is 2. The number of ether oxygens (including phenoxy) is 1. The number of nitrogens with zero attached hydrogens (tertiary/aromatic N) is 4. The molecule has 4 heterocycles. The predicted octanol–water partition coefficient (Wildman–Crippen LogP) is 4.02. The smallest absolute Gasteiger partial charge is 0.235 e. The van der Waals surface area contributed by atoms with Gasteiger partial charge in [-0.2, -0.15) is 0 Å². The van der Waals surface area contributed by atoms with Gasteiger partial charge in [0.2, 0.25) is 10.0 Å². The first-order valence-electron chi connectivity index (χ1n) is 12.4. The van der Waals surface area contributed by atoms with Crippen molar-refractivity contribution in [2.45, 2.75) is 38.5 Å². The number of anilines is 2. The fourth-order valence-electron chi connectivity index (χ4n) is 5.10. The number of pyridine rings is 1. The molecule has 2 aliphatic heterocycles. The first-order chi connectivity index (χ1) is 16.7. The summed E-state index contributed by atoms with van der Waals surface area (Å²) in [5.74, 6) is 1.29. The van der Waals surface area contributed by atoms with Gasteiger partial charge in [0.05, 0.1) is 28.6 Å². The van der Waals surface area contributed by atoms with Crippen LogP contribution in [0.4, 0.5) is 11.4 Å². The molecule has 0 atom stereocenters. The van der Waals surface area contributed by atoms with E-state index in [1.54, 1.807) is 12.3 Å². The van der Waals surface area contributed by atoms with Crippen LogP contribution in [0, 0.1) is 5.92 Å². The zero-order valence-corrected chi connectivity index (χ0v) is 21.8.